The second-order valence-electron chi connectivity index (χ2n) is 7.79. The van der Waals surface area contributed by atoms with E-state index in [1.54, 1.807) is 32.4 Å². The van der Waals surface area contributed by atoms with Crippen molar-refractivity contribution in [2.75, 3.05) is 19.5 Å². The van der Waals surface area contributed by atoms with E-state index in [2.05, 4.69) is 25.2 Å². The molecule has 0 spiro atoms. The van der Waals surface area contributed by atoms with E-state index in [4.69, 9.17) is 19.9 Å². The molecule has 0 fully saturated rings. The molecule has 2 aromatic rings. The molecule has 30 heavy (non-hydrogen) atoms. The summed E-state index contributed by atoms with van der Waals surface area (Å²) in [5.41, 5.74) is 9.69. The number of rotatable bonds is 7. The van der Waals surface area contributed by atoms with E-state index in [9.17, 15) is 4.79 Å². The van der Waals surface area contributed by atoms with Crippen LogP contribution >= 0.6 is 0 Å². The van der Waals surface area contributed by atoms with Gasteiger partial charge in [0, 0.05) is 17.8 Å². The lowest BCUT2D eigenvalue weighted by molar-refractivity contribution is 0.215. The van der Waals surface area contributed by atoms with Crippen molar-refractivity contribution in [3.8, 4) is 17.2 Å². The molecule has 1 aliphatic rings. The van der Waals surface area contributed by atoms with Gasteiger partial charge in [0.1, 0.15) is 5.75 Å². The number of nitrogens with two attached hydrogens (primary N) is 1. The molecule has 0 bridgehead atoms. The van der Waals surface area contributed by atoms with Crippen molar-refractivity contribution in [1.82, 2.24) is 0 Å². The number of hydrogen-bond donors (Lipinski definition) is 2. The SMILES string of the molecule is CCC[C@@H]1c2cc(OC(=O)Nc3ccc(OC)c(OC)c3)ccc2C[C@H](CC)[C@@H]1N. The van der Waals surface area contributed by atoms with Crippen LogP contribution in [0.2, 0.25) is 0 Å². The van der Waals surface area contributed by atoms with Crippen molar-refractivity contribution in [2.45, 2.75) is 51.5 Å². The molecule has 3 rings (SSSR count). The smallest absolute Gasteiger partial charge is 0.417 e. The molecule has 0 saturated carbocycles. The minimum absolute atomic E-state index is 0.137. The molecular formula is C24H32N2O4. The van der Waals surface area contributed by atoms with Crippen LogP contribution in [0.15, 0.2) is 36.4 Å². The van der Waals surface area contributed by atoms with Gasteiger partial charge in [-0.15, -0.1) is 0 Å². The van der Waals surface area contributed by atoms with Gasteiger partial charge in [-0.25, -0.2) is 4.79 Å². The summed E-state index contributed by atoms with van der Waals surface area (Å²) < 4.78 is 16.1. The van der Waals surface area contributed by atoms with Crippen molar-refractivity contribution >= 4 is 11.8 Å². The van der Waals surface area contributed by atoms with E-state index < -0.39 is 6.09 Å². The van der Waals surface area contributed by atoms with E-state index in [0.29, 0.717) is 34.8 Å². The standard InChI is InChI=1S/C24H32N2O4/c1-5-7-19-20-14-18(10-8-16(20)12-15(6-2)23(19)25)30-24(27)26-17-9-11-21(28-3)22(13-17)29-4/h8-11,13-15,19,23H,5-7,12,25H2,1-4H3,(H,26,27)/t15-,19+,23-/m0/s1. The highest BCUT2D eigenvalue weighted by Crippen LogP contribution is 2.40. The fourth-order valence-corrected chi connectivity index (χ4v) is 4.36. The molecule has 3 atom stereocenters. The van der Waals surface area contributed by atoms with E-state index in [1.807, 2.05) is 12.1 Å². The maximum Gasteiger partial charge on any atom is 0.417 e. The minimum Gasteiger partial charge on any atom is -0.493 e. The minimum atomic E-state index is -0.555. The second kappa shape index (κ2) is 9.85. The Labute approximate surface area is 178 Å². The van der Waals surface area contributed by atoms with E-state index in [1.165, 1.54) is 11.1 Å². The summed E-state index contributed by atoms with van der Waals surface area (Å²) in [5, 5.41) is 2.74. The third-order valence-electron chi connectivity index (χ3n) is 5.97. The predicted octanol–water partition coefficient (Wildman–Crippen LogP) is 5.11. The number of hydrogen-bond acceptors (Lipinski definition) is 5. The first kappa shape index (κ1) is 22.0. The molecule has 162 valence electrons. The number of nitrogens with one attached hydrogen (secondary N) is 1. The maximum atomic E-state index is 12.4. The van der Waals surface area contributed by atoms with Gasteiger partial charge in [0.15, 0.2) is 11.5 Å². The Morgan fingerprint density at radius 3 is 2.53 bits per heavy atom. The van der Waals surface area contributed by atoms with Crippen molar-refractivity contribution in [3.63, 3.8) is 0 Å². The summed E-state index contributed by atoms with van der Waals surface area (Å²) in [5.74, 6) is 2.44. The number of benzene rings is 2. The predicted molar refractivity (Wildman–Crippen MR) is 119 cm³/mol. The highest BCUT2D eigenvalue weighted by molar-refractivity contribution is 5.86. The Kier molecular flexibility index (Phi) is 7.21. The average Bonchev–Trinajstić information content (AvgIpc) is 2.75. The van der Waals surface area contributed by atoms with Crippen molar-refractivity contribution in [2.24, 2.45) is 11.7 Å². The molecule has 0 saturated heterocycles. The molecule has 0 heterocycles. The third kappa shape index (κ3) is 4.70. The molecule has 2 aromatic carbocycles. The van der Waals surface area contributed by atoms with Gasteiger partial charge < -0.3 is 19.9 Å². The monoisotopic (exact) mass is 412 g/mol. The first-order valence-electron chi connectivity index (χ1n) is 10.6. The van der Waals surface area contributed by atoms with Gasteiger partial charge in [-0.3, -0.25) is 5.32 Å². The van der Waals surface area contributed by atoms with Gasteiger partial charge in [0.2, 0.25) is 0 Å². The zero-order valence-corrected chi connectivity index (χ0v) is 18.2. The molecule has 0 unspecified atom stereocenters. The number of ether oxygens (including phenoxy) is 3. The van der Waals surface area contributed by atoms with Crippen LogP contribution in [-0.2, 0) is 6.42 Å². The zero-order chi connectivity index (χ0) is 21.7. The van der Waals surface area contributed by atoms with Crippen LogP contribution in [0.3, 0.4) is 0 Å². The Morgan fingerprint density at radius 2 is 1.87 bits per heavy atom. The van der Waals surface area contributed by atoms with E-state index in [0.717, 1.165) is 25.7 Å². The van der Waals surface area contributed by atoms with E-state index in [-0.39, 0.29) is 6.04 Å². The van der Waals surface area contributed by atoms with Gasteiger partial charge in [0.25, 0.3) is 0 Å². The largest absolute Gasteiger partial charge is 0.493 e. The fourth-order valence-electron chi connectivity index (χ4n) is 4.36. The van der Waals surface area contributed by atoms with Gasteiger partial charge in [-0.05, 0) is 60.1 Å². The van der Waals surface area contributed by atoms with Gasteiger partial charge in [0.05, 0.1) is 14.2 Å². The summed E-state index contributed by atoms with van der Waals surface area (Å²) in [6, 6.07) is 11.2. The maximum absolute atomic E-state index is 12.4. The first-order valence-corrected chi connectivity index (χ1v) is 10.6. The normalized spacial score (nSPS) is 20.2. The number of carbonyl (C=O) groups excluding carboxylic acids is 1. The number of fused-ring (bicyclic) bond motifs is 1. The van der Waals surface area contributed by atoms with Crippen LogP contribution in [0.5, 0.6) is 17.2 Å². The van der Waals surface area contributed by atoms with Crippen LogP contribution in [0.1, 0.15) is 50.2 Å². The Morgan fingerprint density at radius 1 is 1.10 bits per heavy atom. The molecule has 1 amide bonds. The molecular weight excluding hydrogens is 380 g/mol. The van der Waals surface area contributed by atoms with Crippen molar-refractivity contribution in [3.05, 3.63) is 47.5 Å². The fraction of sp³-hybridized carbons (Fsp3) is 0.458. The lowest BCUT2D eigenvalue weighted by Gasteiger charge is -2.37. The molecule has 6 heteroatoms. The van der Waals surface area contributed by atoms with Crippen LogP contribution in [0.4, 0.5) is 10.5 Å². The molecule has 6 nitrogen and oxygen atoms in total. The average molecular weight is 413 g/mol. The van der Waals surface area contributed by atoms with Crippen molar-refractivity contribution in [1.29, 1.82) is 0 Å². The quantitative estimate of drug-likeness (QED) is 0.660. The first-order chi connectivity index (χ1) is 14.5. The van der Waals surface area contributed by atoms with Crippen LogP contribution in [0.25, 0.3) is 0 Å². The molecule has 1 aliphatic carbocycles. The highest BCUT2D eigenvalue weighted by atomic mass is 16.6. The summed E-state index contributed by atoms with van der Waals surface area (Å²) in [7, 11) is 3.11. The Hall–Kier alpha value is -2.73. The number of carbonyl (C=O) groups is 1. The highest BCUT2D eigenvalue weighted by Gasteiger charge is 2.33. The molecule has 0 aromatic heterocycles. The van der Waals surface area contributed by atoms with Crippen molar-refractivity contribution < 1.29 is 19.0 Å². The summed E-state index contributed by atoms with van der Waals surface area (Å²) >= 11 is 0. The second-order valence-corrected chi connectivity index (χ2v) is 7.79. The lowest BCUT2D eigenvalue weighted by atomic mass is 9.71. The molecule has 3 N–H and O–H groups in total. The summed E-state index contributed by atoms with van der Waals surface area (Å²) in [6.45, 7) is 4.38. The number of methoxy groups -OCH3 is 2. The van der Waals surface area contributed by atoms with Crippen LogP contribution < -0.4 is 25.3 Å². The third-order valence-corrected chi connectivity index (χ3v) is 5.97. The Bertz CT molecular complexity index is 884. The van der Waals surface area contributed by atoms with Crippen LogP contribution in [-0.4, -0.2) is 26.4 Å². The number of anilines is 1. The summed E-state index contributed by atoms with van der Waals surface area (Å²) in [6.07, 6.45) is 3.60. The van der Waals surface area contributed by atoms with Crippen LogP contribution in [0, 0.1) is 5.92 Å². The topological polar surface area (TPSA) is 82.8 Å². The molecule has 0 radical (unpaired) electrons. The number of amides is 1. The van der Waals surface area contributed by atoms with Gasteiger partial charge >= 0.3 is 6.09 Å². The zero-order valence-electron chi connectivity index (χ0n) is 18.2. The van der Waals surface area contributed by atoms with Gasteiger partial charge in [-0.2, -0.15) is 0 Å². The summed E-state index contributed by atoms with van der Waals surface area (Å²) in [4.78, 5) is 12.4. The Balaban J connectivity index is 1.75. The molecule has 0 aliphatic heterocycles. The van der Waals surface area contributed by atoms with E-state index >= 15 is 0 Å². The lowest BCUT2D eigenvalue weighted by Crippen LogP contribution is -2.41. The van der Waals surface area contributed by atoms with Gasteiger partial charge in [-0.1, -0.05) is 32.8 Å².